The van der Waals surface area contributed by atoms with Crippen molar-refractivity contribution < 1.29 is 9.13 Å². The number of H-pyrrole nitrogens is 1. The van der Waals surface area contributed by atoms with Gasteiger partial charge in [0.1, 0.15) is 22.3 Å². The van der Waals surface area contributed by atoms with Crippen LogP contribution in [0.2, 0.25) is 0 Å². The molecule has 4 aromatic rings. The van der Waals surface area contributed by atoms with E-state index in [1.807, 2.05) is 42.5 Å². The molecule has 2 heterocycles. The van der Waals surface area contributed by atoms with E-state index >= 15 is 0 Å². The number of aromatic nitrogens is 3. The van der Waals surface area contributed by atoms with Crippen molar-refractivity contribution in [2.75, 3.05) is 5.73 Å². The Hall–Kier alpha value is -3.32. The summed E-state index contributed by atoms with van der Waals surface area (Å²) in [7, 11) is 0. The monoisotopic (exact) mass is 392 g/mol. The average Bonchev–Trinajstić information content (AvgIpc) is 3.09. The zero-order valence-electron chi connectivity index (χ0n) is 14.8. The van der Waals surface area contributed by atoms with Crippen LogP contribution in [0.25, 0.3) is 11.3 Å². The third kappa shape index (κ3) is 4.15. The van der Waals surface area contributed by atoms with Crippen LogP contribution in [0.5, 0.6) is 11.5 Å². The van der Waals surface area contributed by atoms with E-state index in [9.17, 15) is 4.39 Å². The largest absolute Gasteiger partial charge is 0.457 e. The lowest BCUT2D eigenvalue weighted by Crippen LogP contribution is -1.90. The van der Waals surface area contributed by atoms with Crippen LogP contribution in [0, 0.1) is 5.82 Å². The number of nitrogens with two attached hydrogens (primary N) is 1. The molecule has 0 bridgehead atoms. The van der Waals surface area contributed by atoms with Crippen LogP contribution < -0.4 is 10.5 Å². The summed E-state index contributed by atoms with van der Waals surface area (Å²) in [6.45, 7) is 0. The van der Waals surface area contributed by atoms with Crippen LogP contribution >= 0.6 is 11.8 Å². The second-order valence-electron chi connectivity index (χ2n) is 6.02. The van der Waals surface area contributed by atoms with Gasteiger partial charge >= 0.3 is 0 Å². The van der Waals surface area contributed by atoms with Gasteiger partial charge in [0.2, 0.25) is 0 Å². The molecule has 0 radical (unpaired) electrons. The first-order valence-corrected chi connectivity index (χ1v) is 9.58. The Morgan fingerprint density at radius 1 is 1.00 bits per heavy atom. The lowest BCUT2D eigenvalue weighted by Gasteiger charge is -2.08. The molecule has 2 aromatic carbocycles. The van der Waals surface area contributed by atoms with Crippen LogP contribution in [0.15, 0.2) is 78.0 Å². The number of benzene rings is 2. The SMILES string of the molecule is Nc1n[nH]c(SCc2cccc(Oc3ccc(F)cc3)c2)c1-c1ccccn1. The van der Waals surface area contributed by atoms with Crippen molar-refractivity contribution in [3.8, 4) is 22.8 Å². The molecule has 0 saturated carbocycles. The summed E-state index contributed by atoms with van der Waals surface area (Å²) in [6.07, 6.45) is 1.73. The van der Waals surface area contributed by atoms with Gasteiger partial charge in [-0.05, 0) is 54.1 Å². The average molecular weight is 392 g/mol. The van der Waals surface area contributed by atoms with E-state index in [-0.39, 0.29) is 5.82 Å². The predicted molar refractivity (Wildman–Crippen MR) is 109 cm³/mol. The first-order chi connectivity index (χ1) is 13.7. The van der Waals surface area contributed by atoms with Gasteiger partial charge < -0.3 is 10.5 Å². The van der Waals surface area contributed by atoms with Crippen molar-refractivity contribution in [1.29, 1.82) is 0 Å². The molecular formula is C21H17FN4OS. The van der Waals surface area contributed by atoms with Crippen molar-refractivity contribution in [3.63, 3.8) is 0 Å². The van der Waals surface area contributed by atoms with Gasteiger partial charge in [-0.15, -0.1) is 11.8 Å². The molecule has 0 spiro atoms. The molecule has 0 atom stereocenters. The van der Waals surface area contributed by atoms with Crippen LogP contribution in [0.4, 0.5) is 10.2 Å². The minimum atomic E-state index is -0.292. The highest BCUT2D eigenvalue weighted by Crippen LogP contribution is 2.35. The Kier molecular flexibility index (Phi) is 5.25. The van der Waals surface area contributed by atoms with E-state index < -0.39 is 0 Å². The summed E-state index contributed by atoms with van der Waals surface area (Å²) in [6, 6.07) is 19.4. The topological polar surface area (TPSA) is 76.8 Å². The molecule has 5 nitrogen and oxygen atoms in total. The number of thioether (sulfide) groups is 1. The number of aromatic amines is 1. The molecule has 0 unspecified atom stereocenters. The summed E-state index contributed by atoms with van der Waals surface area (Å²) >= 11 is 1.59. The van der Waals surface area contributed by atoms with Crippen LogP contribution in [-0.4, -0.2) is 15.2 Å². The Morgan fingerprint density at radius 2 is 1.86 bits per heavy atom. The Labute approximate surface area is 165 Å². The summed E-state index contributed by atoms with van der Waals surface area (Å²) in [4.78, 5) is 4.36. The fourth-order valence-electron chi connectivity index (χ4n) is 2.69. The van der Waals surface area contributed by atoms with Gasteiger partial charge in [0.15, 0.2) is 5.82 Å². The van der Waals surface area contributed by atoms with Gasteiger partial charge in [0.05, 0.1) is 11.3 Å². The normalized spacial score (nSPS) is 10.8. The molecule has 140 valence electrons. The van der Waals surface area contributed by atoms with Gasteiger partial charge in [-0.3, -0.25) is 10.1 Å². The van der Waals surface area contributed by atoms with Crippen molar-refractivity contribution in [1.82, 2.24) is 15.2 Å². The molecule has 7 heteroatoms. The lowest BCUT2D eigenvalue weighted by molar-refractivity contribution is 0.480. The number of pyridine rings is 1. The Balaban J connectivity index is 1.48. The molecule has 0 fully saturated rings. The van der Waals surface area contributed by atoms with E-state index in [4.69, 9.17) is 10.5 Å². The maximum Gasteiger partial charge on any atom is 0.155 e. The van der Waals surface area contributed by atoms with E-state index in [0.717, 1.165) is 21.8 Å². The van der Waals surface area contributed by atoms with Gasteiger partial charge in [-0.25, -0.2) is 4.39 Å². The molecule has 2 aromatic heterocycles. The number of hydrogen-bond acceptors (Lipinski definition) is 5. The van der Waals surface area contributed by atoms with E-state index in [1.54, 1.807) is 30.1 Å². The molecule has 0 saturated heterocycles. The molecule has 0 aliphatic rings. The molecule has 4 rings (SSSR count). The van der Waals surface area contributed by atoms with Crippen molar-refractivity contribution in [2.24, 2.45) is 0 Å². The Morgan fingerprint density at radius 3 is 2.64 bits per heavy atom. The lowest BCUT2D eigenvalue weighted by atomic mass is 10.2. The Bertz CT molecular complexity index is 1070. The van der Waals surface area contributed by atoms with Gasteiger partial charge in [0.25, 0.3) is 0 Å². The minimum Gasteiger partial charge on any atom is -0.457 e. The fraction of sp³-hybridized carbons (Fsp3) is 0.0476. The van der Waals surface area contributed by atoms with Crippen LogP contribution in [-0.2, 0) is 5.75 Å². The summed E-state index contributed by atoms with van der Waals surface area (Å²) < 4.78 is 18.8. The number of nitrogen functional groups attached to an aromatic ring is 1. The van der Waals surface area contributed by atoms with Gasteiger partial charge in [0, 0.05) is 11.9 Å². The number of ether oxygens (including phenoxy) is 1. The number of nitrogens with one attached hydrogen (secondary N) is 1. The quantitative estimate of drug-likeness (QED) is 0.437. The summed E-state index contributed by atoms with van der Waals surface area (Å²) in [5.74, 6) is 2.11. The van der Waals surface area contributed by atoms with Crippen LogP contribution in [0.3, 0.4) is 0 Å². The highest BCUT2D eigenvalue weighted by Gasteiger charge is 2.14. The van der Waals surface area contributed by atoms with Crippen molar-refractivity contribution >= 4 is 17.6 Å². The highest BCUT2D eigenvalue weighted by atomic mass is 32.2. The van der Waals surface area contributed by atoms with Gasteiger partial charge in [-0.2, -0.15) is 5.10 Å². The first kappa shape index (κ1) is 18.1. The molecular weight excluding hydrogens is 375 g/mol. The maximum absolute atomic E-state index is 13.0. The highest BCUT2D eigenvalue weighted by molar-refractivity contribution is 7.98. The maximum atomic E-state index is 13.0. The van der Waals surface area contributed by atoms with Crippen molar-refractivity contribution in [3.05, 3.63) is 84.3 Å². The molecule has 0 aliphatic heterocycles. The number of rotatable bonds is 6. The van der Waals surface area contributed by atoms with E-state index in [2.05, 4.69) is 15.2 Å². The molecule has 3 N–H and O–H groups in total. The van der Waals surface area contributed by atoms with Gasteiger partial charge in [-0.1, -0.05) is 18.2 Å². The molecule has 0 aliphatic carbocycles. The summed E-state index contributed by atoms with van der Waals surface area (Å²) in [5, 5.41) is 7.97. The number of anilines is 1. The molecule has 28 heavy (non-hydrogen) atoms. The second-order valence-corrected chi connectivity index (χ2v) is 7.01. The van der Waals surface area contributed by atoms with Crippen LogP contribution in [0.1, 0.15) is 5.56 Å². The predicted octanol–water partition coefficient (Wildman–Crippen LogP) is 5.28. The van der Waals surface area contributed by atoms with E-state index in [0.29, 0.717) is 23.1 Å². The number of hydrogen-bond donors (Lipinski definition) is 2. The zero-order chi connectivity index (χ0) is 19.3. The minimum absolute atomic E-state index is 0.292. The smallest absolute Gasteiger partial charge is 0.155 e. The zero-order valence-corrected chi connectivity index (χ0v) is 15.6. The third-order valence-electron chi connectivity index (χ3n) is 4.01. The fourth-order valence-corrected chi connectivity index (χ4v) is 3.65. The van der Waals surface area contributed by atoms with E-state index in [1.165, 1.54) is 12.1 Å². The molecule has 0 amide bonds. The summed E-state index contributed by atoms with van der Waals surface area (Å²) in [5.41, 5.74) is 8.69. The first-order valence-electron chi connectivity index (χ1n) is 8.59. The second kappa shape index (κ2) is 8.14. The standard InChI is InChI=1S/C21H17FN4OS/c22-15-7-9-16(10-8-15)27-17-5-3-4-14(12-17)13-28-21-19(20(23)25-26-21)18-6-1-2-11-24-18/h1-12H,13H2,(H3,23,25,26). The van der Waals surface area contributed by atoms with Crippen molar-refractivity contribution in [2.45, 2.75) is 10.8 Å². The third-order valence-corrected chi connectivity index (χ3v) is 5.07. The number of nitrogens with zero attached hydrogens (tertiary/aromatic N) is 2. The number of halogens is 1.